The standard InChI is InChI=1S/C14H19BrFNO2/c1-9(2)17(8-10(3)18)14(19)7-11-6-12(16)4-5-13(11)15/h4-6,9-10,18H,7-8H2,1-3H3. The van der Waals surface area contributed by atoms with Crippen LogP contribution in [0.3, 0.4) is 0 Å². The highest BCUT2D eigenvalue weighted by molar-refractivity contribution is 9.10. The molecule has 0 aromatic heterocycles. The quantitative estimate of drug-likeness (QED) is 0.901. The van der Waals surface area contributed by atoms with Gasteiger partial charge in [0.25, 0.3) is 0 Å². The van der Waals surface area contributed by atoms with E-state index in [4.69, 9.17) is 0 Å². The Morgan fingerprint density at radius 1 is 1.42 bits per heavy atom. The number of halogens is 2. The van der Waals surface area contributed by atoms with Crippen LogP contribution in [-0.2, 0) is 11.2 Å². The van der Waals surface area contributed by atoms with Crippen LogP contribution in [0.15, 0.2) is 22.7 Å². The van der Waals surface area contributed by atoms with E-state index in [0.29, 0.717) is 10.0 Å². The summed E-state index contributed by atoms with van der Waals surface area (Å²) in [5.74, 6) is -0.486. The molecule has 0 bridgehead atoms. The molecule has 0 spiro atoms. The molecule has 0 aliphatic heterocycles. The van der Waals surface area contributed by atoms with E-state index in [2.05, 4.69) is 15.9 Å². The molecule has 1 amide bonds. The number of nitrogens with zero attached hydrogens (tertiary/aromatic N) is 1. The van der Waals surface area contributed by atoms with Gasteiger partial charge in [-0.3, -0.25) is 4.79 Å². The van der Waals surface area contributed by atoms with Crippen LogP contribution >= 0.6 is 15.9 Å². The predicted molar refractivity (Wildman–Crippen MR) is 76.3 cm³/mol. The first kappa shape index (κ1) is 16.1. The van der Waals surface area contributed by atoms with Crippen LogP contribution in [0.2, 0.25) is 0 Å². The highest BCUT2D eigenvalue weighted by atomic mass is 79.9. The molecule has 0 fully saturated rings. The van der Waals surface area contributed by atoms with Gasteiger partial charge in [-0.1, -0.05) is 15.9 Å². The average Bonchev–Trinajstić information content (AvgIpc) is 2.30. The molecule has 106 valence electrons. The lowest BCUT2D eigenvalue weighted by atomic mass is 10.1. The molecule has 0 radical (unpaired) electrons. The van der Waals surface area contributed by atoms with Crippen molar-refractivity contribution in [3.8, 4) is 0 Å². The van der Waals surface area contributed by atoms with Gasteiger partial charge in [0.05, 0.1) is 12.5 Å². The molecule has 1 unspecified atom stereocenters. The van der Waals surface area contributed by atoms with E-state index in [1.807, 2.05) is 13.8 Å². The zero-order chi connectivity index (χ0) is 14.6. The number of aliphatic hydroxyl groups excluding tert-OH is 1. The number of amides is 1. The summed E-state index contributed by atoms with van der Waals surface area (Å²) in [4.78, 5) is 13.8. The van der Waals surface area contributed by atoms with Gasteiger partial charge in [0, 0.05) is 17.1 Å². The van der Waals surface area contributed by atoms with Crippen molar-refractivity contribution in [3.63, 3.8) is 0 Å². The second-order valence-corrected chi connectivity index (χ2v) is 5.76. The van der Waals surface area contributed by atoms with E-state index < -0.39 is 6.10 Å². The Morgan fingerprint density at radius 3 is 2.58 bits per heavy atom. The third-order valence-corrected chi connectivity index (χ3v) is 3.53. The molecule has 0 saturated heterocycles. The maximum Gasteiger partial charge on any atom is 0.227 e. The van der Waals surface area contributed by atoms with Crippen molar-refractivity contribution < 1.29 is 14.3 Å². The maximum atomic E-state index is 13.2. The molecule has 0 aliphatic carbocycles. The lowest BCUT2D eigenvalue weighted by molar-refractivity contribution is -0.133. The van der Waals surface area contributed by atoms with Gasteiger partial charge in [-0.2, -0.15) is 0 Å². The molecule has 3 nitrogen and oxygen atoms in total. The minimum Gasteiger partial charge on any atom is -0.392 e. The van der Waals surface area contributed by atoms with Crippen LogP contribution < -0.4 is 0 Å². The lowest BCUT2D eigenvalue weighted by Gasteiger charge is -2.28. The number of hydrogen-bond acceptors (Lipinski definition) is 2. The average molecular weight is 332 g/mol. The number of benzene rings is 1. The van der Waals surface area contributed by atoms with Crippen molar-refractivity contribution in [3.05, 3.63) is 34.1 Å². The van der Waals surface area contributed by atoms with Gasteiger partial charge in [0.15, 0.2) is 0 Å². The fraction of sp³-hybridized carbons (Fsp3) is 0.500. The van der Waals surface area contributed by atoms with Gasteiger partial charge in [-0.15, -0.1) is 0 Å². The maximum absolute atomic E-state index is 13.2. The molecular weight excluding hydrogens is 313 g/mol. The minimum atomic E-state index is -0.581. The Hall–Kier alpha value is -0.940. The smallest absolute Gasteiger partial charge is 0.227 e. The fourth-order valence-electron chi connectivity index (χ4n) is 1.83. The zero-order valence-corrected chi connectivity index (χ0v) is 12.9. The van der Waals surface area contributed by atoms with Crippen LogP contribution in [0.25, 0.3) is 0 Å². The molecule has 1 aromatic rings. The topological polar surface area (TPSA) is 40.5 Å². The third-order valence-electron chi connectivity index (χ3n) is 2.75. The highest BCUT2D eigenvalue weighted by Gasteiger charge is 2.19. The molecular formula is C14H19BrFNO2. The van der Waals surface area contributed by atoms with E-state index >= 15 is 0 Å². The first-order valence-electron chi connectivity index (χ1n) is 6.22. The number of carbonyl (C=O) groups excluding carboxylic acids is 1. The molecule has 1 rings (SSSR count). The zero-order valence-electron chi connectivity index (χ0n) is 11.4. The molecule has 1 atom stereocenters. The van der Waals surface area contributed by atoms with Crippen LogP contribution in [0, 0.1) is 5.82 Å². The Kier molecular flexibility index (Phi) is 5.94. The third kappa shape index (κ3) is 4.91. The second-order valence-electron chi connectivity index (χ2n) is 4.90. The van der Waals surface area contributed by atoms with E-state index in [0.717, 1.165) is 0 Å². The minimum absolute atomic E-state index is 0.00515. The summed E-state index contributed by atoms with van der Waals surface area (Å²) in [7, 11) is 0. The van der Waals surface area contributed by atoms with Crippen molar-refractivity contribution in [2.45, 2.75) is 39.3 Å². The summed E-state index contributed by atoms with van der Waals surface area (Å²) in [5.41, 5.74) is 0.612. The van der Waals surface area contributed by atoms with E-state index in [1.54, 1.807) is 17.9 Å². The van der Waals surface area contributed by atoms with Crippen LogP contribution in [0.1, 0.15) is 26.3 Å². The van der Waals surface area contributed by atoms with Crippen LogP contribution in [0.4, 0.5) is 4.39 Å². The number of hydrogen-bond donors (Lipinski definition) is 1. The molecule has 0 aliphatic rings. The number of aliphatic hydroxyl groups is 1. The van der Waals surface area contributed by atoms with Gasteiger partial charge < -0.3 is 10.0 Å². The Bertz CT molecular complexity index is 449. The van der Waals surface area contributed by atoms with Gasteiger partial charge in [-0.25, -0.2) is 4.39 Å². The van der Waals surface area contributed by atoms with E-state index in [-0.39, 0.29) is 30.7 Å². The highest BCUT2D eigenvalue weighted by Crippen LogP contribution is 2.19. The molecule has 19 heavy (non-hydrogen) atoms. The van der Waals surface area contributed by atoms with Gasteiger partial charge >= 0.3 is 0 Å². The number of carbonyl (C=O) groups is 1. The van der Waals surface area contributed by atoms with E-state index in [1.165, 1.54) is 12.1 Å². The Labute approximate surface area is 121 Å². The van der Waals surface area contributed by atoms with Crippen molar-refractivity contribution >= 4 is 21.8 Å². The summed E-state index contributed by atoms with van der Waals surface area (Å²) in [6, 6.07) is 4.28. The summed E-state index contributed by atoms with van der Waals surface area (Å²) >= 11 is 3.31. The monoisotopic (exact) mass is 331 g/mol. The van der Waals surface area contributed by atoms with Gasteiger partial charge in [0.2, 0.25) is 5.91 Å². The number of rotatable bonds is 5. The first-order valence-corrected chi connectivity index (χ1v) is 7.02. The Morgan fingerprint density at radius 2 is 2.05 bits per heavy atom. The van der Waals surface area contributed by atoms with Crippen molar-refractivity contribution in [2.24, 2.45) is 0 Å². The van der Waals surface area contributed by atoms with Crippen molar-refractivity contribution in [2.75, 3.05) is 6.54 Å². The molecule has 0 saturated carbocycles. The molecule has 5 heteroatoms. The van der Waals surface area contributed by atoms with Crippen molar-refractivity contribution in [1.29, 1.82) is 0 Å². The van der Waals surface area contributed by atoms with Gasteiger partial charge in [0.1, 0.15) is 5.82 Å². The summed E-state index contributed by atoms with van der Waals surface area (Å²) in [6.45, 7) is 5.70. The fourth-order valence-corrected chi connectivity index (χ4v) is 2.22. The summed E-state index contributed by atoms with van der Waals surface area (Å²) < 4.78 is 13.9. The molecule has 0 heterocycles. The van der Waals surface area contributed by atoms with E-state index in [9.17, 15) is 14.3 Å². The lowest BCUT2D eigenvalue weighted by Crippen LogP contribution is -2.42. The second kappa shape index (κ2) is 7.01. The van der Waals surface area contributed by atoms with Crippen molar-refractivity contribution in [1.82, 2.24) is 4.90 Å². The molecule has 1 aromatic carbocycles. The van der Waals surface area contributed by atoms with Crippen LogP contribution in [0.5, 0.6) is 0 Å². The normalized spacial score (nSPS) is 12.6. The largest absolute Gasteiger partial charge is 0.392 e. The van der Waals surface area contributed by atoms with Gasteiger partial charge in [-0.05, 0) is 44.5 Å². The Balaban J connectivity index is 2.84. The predicted octanol–water partition coefficient (Wildman–Crippen LogP) is 2.75. The summed E-state index contributed by atoms with van der Waals surface area (Å²) in [5, 5.41) is 9.42. The SMILES string of the molecule is CC(O)CN(C(=O)Cc1cc(F)ccc1Br)C(C)C. The first-order chi connectivity index (χ1) is 8.81. The van der Waals surface area contributed by atoms with Crippen LogP contribution in [-0.4, -0.2) is 34.6 Å². The molecule has 1 N–H and O–H groups in total. The summed E-state index contributed by atoms with van der Waals surface area (Å²) in [6.07, 6.45) is -0.467.